The molecular weight excluding hydrogens is 236 g/mol. The number of rotatable bonds is 3. The summed E-state index contributed by atoms with van der Waals surface area (Å²) in [6.45, 7) is 2.00. The second-order valence-electron chi connectivity index (χ2n) is 3.52. The molecule has 86 valence electrons. The molecule has 0 radical (unpaired) electrons. The zero-order valence-electron chi connectivity index (χ0n) is 9.16. The summed E-state index contributed by atoms with van der Waals surface area (Å²) >= 11 is 1.49. The maximum absolute atomic E-state index is 10.5. The van der Waals surface area contributed by atoms with Gasteiger partial charge >= 0.3 is 0 Å². The highest BCUT2D eigenvalue weighted by Crippen LogP contribution is 2.27. The van der Waals surface area contributed by atoms with Crippen LogP contribution in [0.4, 0.5) is 5.69 Å². The lowest BCUT2D eigenvalue weighted by atomic mass is 10.3. The van der Waals surface area contributed by atoms with Crippen molar-refractivity contribution in [1.82, 2.24) is 4.98 Å². The molecule has 1 aromatic heterocycles. The Labute approximate surface area is 103 Å². The lowest BCUT2D eigenvalue weighted by Gasteiger charge is -2.01. The summed E-state index contributed by atoms with van der Waals surface area (Å²) in [6, 6.07) is 10.4. The molecule has 4 nitrogen and oxygen atoms in total. The van der Waals surface area contributed by atoms with Gasteiger partial charge in [-0.15, -0.1) is 0 Å². The Hall–Kier alpha value is -1.88. The Morgan fingerprint density at radius 2 is 1.94 bits per heavy atom. The maximum Gasteiger partial charge on any atom is 0.269 e. The maximum atomic E-state index is 10.5. The summed E-state index contributed by atoms with van der Waals surface area (Å²) in [5.74, 6) is 0. The van der Waals surface area contributed by atoms with Gasteiger partial charge in [0.05, 0.1) is 4.92 Å². The van der Waals surface area contributed by atoms with E-state index >= 15 is 0 Å². The largest absolute Gasteiger partial charge is 0.269 e. The van der Waals surface area contributed by atoms with E-state index in [1.165, 1.54) is 23.9 Å². The smallest absolute Gasteiger partial charge is 0.258 e. The van der Waals surface area contributed by atoms with Crippen LogP contribution in [-0.2, 0) is 0 Å². The minimum Gasteiger partial charge on any atom is -0.258 e. The Kier molecular flexibility index (Phi) is 3.39. The van der Waals surface area contributed by atoms with Crippen molar-refractivity contribution in [3.63, 3.8) is 0 Å². The van der Waals surface area contributed by atoms with E-state index in [-0.39, 0.29) is 5.69 Å². The molecule has 2 aromatic rings. The molecule has 0 aliphatic heterocycles. The number of nitro groups is 1. The molecule has 0 N–H and O–H groups in total. The van der Waals surface area contributed by atoms with Crippen molar-refractivity contribution in [2.45, 2.75) is 16.8 Å². The van der Waals surface area contributed by atoms with Crippen LogP contribution < -0.4 is 0 Å². The monoisotopic (exact) mass is 246 g/mol. The van der Waals surface area contributed by atoms with Crippen LogP contribution in [0.2, 0.25) is 0 Å². The number of hydrogen-bond acceptors (Lipinski definition) is 4. The minimum atomic E-state index is -0.403. The first-order valence-corrected chi connectivity index (χ1v) is 5.82. The van der Waals surface area contributed by atoms with E-state index in [0.29, 0.717) is 0 Å². The van der Waals surface area contributed by atoms with E-state index in [4.69, 9.17) is 0 Å². The molecule has 5 heteroatoms. The quantitative estimate of drug-likeness (QED) is 0.614. The molecule has 0 saturated carbocycles. The van der Waals surface area contributed by atoms with Gasteiger partial charge in [0.2, 0.25) is 0 Å². The summed E-state index contributed by atoms with van der Waals surface area (Å²) in [4.78, 5) is 15.3. The molecular formula is C12H10N2O2S. The fourth-order valence-electron chi connectivity index (χ4n) is 1.32. The average molecular weight is 246 g/mol. The summed E-state index contributed by atoms with van der Waals surface area (Å²) in [5, 5.41) is 11.4. The Bertz CT molecular complexity index is 540. The average Bonchev–Trinajstić information content (AvgIpc) is 2.29. The highest BCUT2D eigenvalue weighted by atomic mass is 32.2. The van der Waals surface area contributed by atoms with Gasteiger partial charge in [0.15, 0.2) is 0 Å². The van der Waals surface area contributed by atoms with Gasteiger partial charge in [-0.05, 0) is 36.8 Å². The van der Waals surface area contributed by atoms with Crippen LogP contribution in [0.5, 0.6) is 0 Å². The Morgan fingerprint density at radius 3 is 2.53 bits per heavy atom. The van der Waals surface area contributed by atoms with Crippen LogP contribution in [0.1, 0.15) is 5.56 Å². The predicted octanol–water partition coefficient (Wildman–Crippen LogP) is 3.45. The number of aryl methyl sites for hydroxylation is 1. The molecule has 0 unspecified atom stereocenters. The van der Waals surface area contributed by atoms with Crippen LogP contribution >= 0.6 is 11.8 Å². The third-order valence-electron chi connectivity index (χ3n) is 2.16. The van der Waals surface area contributed by atoms with Gasteiger partial charge in [0.1, 0.15) is 5.03 Å². The van der Waals surface area contributed by atoms with Gasteiger partial charge in [-0.25, -0.2) is 4.98 Å². The van der Waals surface area contributed by atoms with Crippen molar-refractivity contribution >= 4 is 17.4 Å². The van der Waals surface area contributed by atoms with E-state index in [2.05, 4.69) is 4.98 Å². The molecule has 0 atom stereocenters. The normalized spacial score (nSPS) is 10.2. The van der Waals surface area contributed by atoms with E-state index in [1.54, 1.807) is 18.3 Å². The van der Waals surface area contributed by atoms with Crippen LogP contribution in [0.25, 0.3) is 0 Å². The second-order valence-corrected chi connectivity index (χ2v) is 4.62. The van der Waals surface area contributed by atoms with E-state index in [0.717, 1.165) is 15.5 Å². The SMILES string of the molecule is Cc1ccnc(Sc2ccc([N+](=O)[O-])cc2)c1. The lowest BCUT2D eigenvalue weighted by molar-refractivity contribution is -0.384. The van der Waals surface area contributed by atoms with Crippen molar-refractivity contribution < 1.29 is 4.92 Å². The van der Waals surface area contributed by atoms with Crippen molar-refractivity contribution in [2.24, 2.45) is 0 Å². The van der Waals surface area contributed by atoms with Crippen LogP contribution in [0.15, 0.2) is 52.5 Å². The third-order valence-corrected chi connectivity index (χ3v) is 3.10. The minimum absolute atomic E-state index is 0.103. The number of aromatic nitrogens is 1. The molecule has 0 bridgehead atoms. The van der Waals surface area contributed by atoms with E-state index in [9.17, 15) is 10.1 Å². The molecule has 0 aliphatic carbocycles. The summed E-state index contributed by atoms with van der Waals surface area (Å²) in [5.41, 5.74) is 1.25. The number of pyridine rings is 1. The van der Waals surface area contributed by atoms with Gasteiger partial charge in [-0.3, -0.25) is 10.1 Å². The molecule has 1 aromatic carbocycles. The standard InChI is InChI=1S/C12H10N2O2S/c1-9-6-7-13-12(8-9)17-11-4-2-10(3-5-11)14(15)16/h2-8H,1H3. The van der Waals surface area contributed by atoms with E-state index < -0.39 is 4.92 Å². The van der Waals surface area contributed by atoms with Gasteiger partial charge in [-0.1, -0.05) is 11.8 Å². The van der Waals surface area contributed by atoms with Crippen molar-refractivity contribution in [1.29, 1.82) is 0 Å². The number of nitro benzene ring substituents is 1. The van der Waals surface area contributed by atoms with Crippen LogP contribution in [0, 0.1) is 17.0 Å². The van der Waals surface area contributed by atoms with Gasteiger partial charge in [-0.2, -0.15) is 0 Å². The summed E-state index contributed by atoms with van der Waals surface area (Å²) in [6.07, 6.45) is 1.75. The second kappa shape index (κ2) is 4.97. The first-order valence-electron chi connectivity index (χ1n) is 5.00. The molecule has 0 spiro atoms. The number of nitrogens with zero attached hydrogens (tertiary/aromatic N) is 2. The zero-order valence-corrected chi connectivity index (χ0v) is 9.98. The third kappa shape index (κ3) is 3.04. The molecule has 0 saturated heterocycles. The van der Waals surface area contributed by atoms with Crippen molar-refractivity contribution in [2.75, 3.05) is 0 Å². The molecule has 0 aliphatic rings. The predicted molar refractivity (Wildman–Crippen MR) is 66.2 cm³/mol. The fourth-order valence-corrected chi connectivity index (χ4v) is 2.19. The van der Waals surface area contributed by atoms with Gasteiger partial charge < -0.3 is 0 Å². The van der Waals surface area contributed by atoms with Crippen LogP contribution in [0.3, 0.4) is 0 Å². The summed E-state index contributed by atoms with van der Waals surface area (Å²) in [7, 11) is 0. The molecule has 0 amide bonds. The molecule has 1 heterocycles. The highest BCUT2D eigenvalue weighted by Gasteiger charge is 2.05. The first-order chi connectivity index (χ1) is 8.15. The topological polar surface area (TPSA) is 56.0 Å². The number of benzene rings is 1. The lowest BCUT2D eigenvalue weighted by Crippen LogP contribution is -1.86. The molecule has 0 fully saturated rings. The Balaban J connectivity index is 2.16. The number of hydrogen-bond donors (Lipinski definition) is 0. The first kappa shape index (κ1) is 11.6. The summed E-state index contributed by atoms with van der Waals surface area (Å²) < 4.78 is 0. The molecule has 17 heavy (non-hydrogen) atoms. The van der Waals surface area contributed by atoms with Crippen LogP contribution in [-0.4, -0.2) is 9.91 Å². The zero-order chi connectivity index (χ0) is 12.3. The van der Waals surface area contributed by atoms with Crippen molar-refractivity contribution in [3.8, 4) is 0 Å². The van der Waals surface area contributed by atoms with Gasteiger partial charge in [0.25, 0.3) is 5.69 Å². The van der Waals surface area contributed by atoms with Crippen molar-refractivity contribution in [3.05, 3.63) is 58.3 Å². The number of non-ortho nitro benzene ring substituents is 1. The van der Waals surface area contributed by atoms with E-state index in [1.807, 2.05) is 19.1 Å². The van der Waals surface area contributed by atoms with Gasteiger partial charge in [0, 0.05) is 23.2 Å². The Morgan fingerprint density at radius 1 is 1.24 bits per heavy atom. The fraction of sp³-hybridized carbons (Fsp3) is 0.0833. The molecule has 2 rings (SSSR count). The highest BCUT2D eigenvalue weighted by molar-refractivity contribution is 7.99.